The molecule has 1 N–H and O–H groups in total. The molecule has 134 valence electrons. The van der Waals surface area contributed by atoms with E-state index in [-0.39, 0.29) is 11.9 Å². The zero-order valence-electron chi connectivity index (χ0n) is 13.8. The lowest BCUT2D eigenvalue weighted by Gasteiger charge is -2.33. The molecule has 0 amide bonds. The number of benzene rings is 1. The molecule has 1 heterocycles. The lowest BCUT2D eigenvalue weighted by atomic mass is 10.2. The first-order valence-corrected chi connectivity index (χ1v) is 8.34. The molecular weight excluding hydrogens is 318 g/mol. The van der Waals surface area contributed by atoms with Gasteiger partial charge in [-0.05, 0) is 18.9 Å². The van der Waals surface area contributed by atoms with Crippen molar-refractivity contribution < 1.29 is 23.0 Å². The minimum Gasteiger partial charge on any atom is -0.497 e. The molecule has 5 nitrogen and oxygen atoms in total. The Labute approximate surface area is 140 Å². The largest absolute Gasteiger partial charge is 0.497 e. The minimum atomic E-state index is -2.86. The van der Waals surface area contributed by atoms with Crippen molar-refractivity contribution in [3.8, 4) is 11.5 Å². The van der Waals surface area contributed by atoms with Gasteiger partial charge < -0.3 is 19.5 Å². The molecule has 0 bridgehead atoms. The number of nitrogens with zero attached hydrogens (tertiary/aromatic N) is 1. The maximum Gasteiger partial charge on any atom is 0.387 e. The highest BCUT2D eigenvalue weighted by Crippen LogP contribution is 2.28. The van der Waals surface area contributed by atoms with E-state index in [9.17, 15) is 8.78 Å². The Morgan fingerprint density at radius 3 is 2.92 bits per heavy atom. The van der Waals surface area contributed by atoms with Crippen LogP contribution < -0.4 is 14.8 Å². The molecule has 1 saturated carbocycles. The van der Waals surface area contributed by atoms with Gasteiger partial charge in [0.2, 0.25) is 0 Å². The summed E-state index contributed by atoms with van der Waals surface area (Å²) >= 11 is 0. The number of methoxy groups -OCH3 is 1. The Morgan fingerprint density at radius 1 is 1.38 bits per heavy atom. The van der Waals surface area contributed by atoms with Crippen LogP contribution >= 0.6 is 0 Å². The molecule has 1 aromatic rings. The van der Waals surface area contributed by atoms with Gasteiger partial charge in [-0.2, -0.15) is 8.78 Å². The topological polar surface area (TPSA) is 43.0 Å². The third-order valence-electron chi connectivity index (χ3n) is 4.41. The van der Waals surface area contributed by atoms with Crippen molar-refractivity contribution in [2.24, 2.45) is 0 Å². The highest BCUT2D eigenvalue weighted by molar-refractivity contribution is 5.40. The van der Waals surface area contributed by atoms with E-state index in [0.29, 0.717) is 24.4 Å². The van der Waals surface area contributed by atoms with Gasteiger partial charge in [-0.3, -0.25) is 4.90 Å². The van der Waals surface area contributed by atoms with Gasteiger partial charge in [-0.1, -0.05) is 6.07 Å². The number of ether oxygens (including phenoxy) is 3. The molecule has 3 rings (SSSR count). The SMILES string of the molecule is COc1ccc(CNCC2CN(C3CC3)CCO2)c(OC(F)F)c1. The second-order valence-corrected chi connectivity index (χ2v) is 6.20. The first-order valence-electron chi connectivity index (χ1n) is 8.34. The van der Waals surface area contributed by atoms with Crippen molar-refractivity contribution in [2.75, 3.05) is 33.4 Å². The third kappa shape index (κ3) is 4.78. The fraction of sp³-hybridized carbons (Fsp3) is 0.647. The quantitative estimate of drug-likeness (QED) is 0.785. The number of alkyl halides is 2. The molecule has 1 aliphatic carbocycles. The average Bonchev–Trinajstić information content (AvgIpc) is 3.41. The second kappa shape index (κ2) is 8.09. The fourth-order valence-electron chi connectivity index (χ4n) is 3.02. The Hall–Kier alpha value is -1.44. The lowest BCUT2D eigenvalue weighted by molar-refractivity contribution is -0.0507. The Balaban J connectivity index is 1.51. The van der Waals surface area contributed by atoms with E-state index in [2.05, 4.69) is 15.0 Å². The van der Waals surface area contributed by atoms with Crippen molar-refractivity contribution in [2.45, 2.75) is 38.1 Å². The van der Waals surface area contributed by atoms with E-state index in [1.165, 1.54) is 26.0 Å². The van der Waals surface area contributed by atoms with Gasteiger partial charge in [0, 0.05) is 43.9 Å². The summed E-state index contributed by atoms with van der Waals surface area (Å²) in [5.41, 5.74) is 0.672. The number of hydrogen-bond acceptors (Lipinski definition) is 5. The number of hydrogen-bond donors (Lipinski definition) is 1. The van der Waals surface area contributed by atoms with Crippen LogP contribution in [0, 0.1) is 0 Å². The van der Waals surface area contributed by atoms with Crippen LogP contribution in [0.5, 0.6) is 11.5 Å². The van der Waals surface area contributed by atoms with Gasteiger partial charge in [0.05, 0.1) is 19.8 Å². The van der Waals surface area contributed by atoms with Gasteiger partial charge in [-0.15, -0.1) is 0 Å². The monoisotopic (exact) mass is 342 g/mol. The van der Waals surface area contributed by atoms with E-state index < -0.39 is 6.61 Å². The van der Waals surface area contributed by atoms with Crippen molar-refractivity contribution in [1.82, 2.24) is 10.2 Å². The number of rotatable bonds is 8. The van der Waals surface area contributed by atoms with Crippen LogP contribution in [0.4, 0.5) is 8.78 Å². The van der Waals surface area contributed by atoms with E-state index >= 15 is 0 Å². The van der Waals surface area contributed by atoms with Crippen molar-refractivity contribution in [1.29, 1.82) is 0 Å². The van der Waals surface area contributed by atoms with Crippen LogP contribution in [0.25, 0.3) is 0 Å². The summed E-state index contributed by atoms with van der Waals surface area (Å²) in [5, 5.41) is 3.29. The van der Waals surface area contributed by atoms with Gasteiger partial charge in [0.25, 0.3) is 0 Å². The highest BCUT2D eigenvalue weighted by atomic mass is 19.3. The molecule has 1 aromatic carbocycles. The normalized spacial score (nSPS) is 21.9. The third-order valence-corrected chi connectivity index (χ3v) is 4.41. The Morgan fingerprint density at radius 2 is 2.21 bits per heavy atom. The Kier molecular flexibility index (Phi) is 5.86. The zero-order valence-corrected chi connectivity index (χ0v) is 13.8. The molecular formula is C17H24F2N2O3. The van der Waals surface area contributed by atoms with Crippen LogP contribution in [0.2, 0.25) is 0 Å². The Bertz CT molecular complexity index is 541. The van der Waals surface area contributed by atoms with Crippen molar-refractivity contribution in [3.05, 3.63) is 23.8 Å². The molecule has 1 unspecified atom stereocenters. The molecule has 1 aliphatic heterocycles. The molecule has 2 fully saturated rings. The summed E-state index contributed by atoms with van der Waals surface area (Å²) in [6.45, 7) is 0.959. The van der Waals surface area contributed by atoms with E-state index in [1.807, 2.05) is 0 Å². The fourth-order valence-corrected chi connectivity index (χ4v) is 3.02. The maximum absolute atomic E-state index is 12.6. The van der Waals surface area contributed by atoms with Gasteiger partial charge >= 0.3 is 6.61 Å². The van der Waals surface area contributed by atoms with Crippen LogP contribution in [0.3, 0.4) is 0 Å². The van der Waals surface area contributed by atoms with Crippen molar-refractivity contribution >= 4 is 0 Å². The predicted molar refractivity (Wildman–Crippen MR) is 85.7 cm³/mol. The summed E-state index contributed by atoms with van der Waals surface area (Å²) in [6, 6.07) is 5.70. The van der Waals surface area contributed by atoms with E-state index in [0.717, 1.165) is 25.7 Å². The summed E-state index contributed by atoms with van der Waals surface area (Å²) in [7, 11) is 1.49. The predicted octanol–water partition coefficient (Wildman–Crippen LogP) is 2.25. The number of nitrogens with one attached hydrogen (secondary N) is 1. The van der Waals surface area contributed by atoms with Crippen LogP contribution in [0.15, 0.2) is 18.2 Å². The lowest BCUT2D eigenvalue weighted by Crippen LogP contribution is -2.47. The van der Waals surface area contributed by atoms with Crippen molar-refractivity contribution in [3.63, 3.8) is 0 Å². The average molecular weight is 342 g/mol. The van der Waals surface area contributed by atoms with E-state index in [4.69, 9.17) is 9.47 Å². The first kappa shape index (κ1) is 17.4. The molecule has 0 spiro atoms. The summed E-state index contributed by atoms with van der Waals surface area (Å²) in [4.78, 5) is 2.48. The smallest absolute Gasteiger partial charge is 0.387 e. The molecule has 24 heavy (non-hydrogen) atoms. The second-order valence-electron chi connectivity index (χ2n) is 6.20. The summed E-state index contributed by atoms with van der Waals surface area (Å²) < 4.78 is 40.6. The maximum atomic E-state index is 12.6. The molecule has 2 aliphatic rings. The summed E-state index contributed by atoms with van der Waals surface area (Å²) in [5.74, 6) is 0.631. The molecule has 1 atom stereocenters. The molecule has 0 radical (unpaired) electrons. The van der Waals surface area contributed by atoms with E-state index in [1.54, 1.807) is 12.1 Å². The van der Waals surface area contributed by atoms with Crippen LogP contribution in [-0.2, 0) is 11.3 Å². The molecule has 7 heteroatoms. The first-order chi connectivity index (χ1) is 11.7. The number of halogens is 2. The minimum absolute atomic E-state index is 0.136. The molecule has 0 aromatic heterocycles. The molecule has 1 saturated heterocycles. The highest BCUT2D eigenvalue weighted by Gasteiger charge is 2.32. The number of morpholine rings is 1. The van der Waals surface area contributed by atoms with Gasteiger partial charge in [0.15, 0.2) is 0 Å². The zero-order chi connectivity index (χ0) is 16.9. The summed E-state index contributed by atoms with van der Waals surface area (Å²) in [6.07, 6.45) is 2.72. The van der Waals surface area contributed by atoms with Crippen LogP contribution in [-0.4, -0.2) is 57.0 Å². The van der Waals surface area contributed by atoms with Gasteiger partial charge in [-0.25, -0.2) is 0 Å². The van der Waals surface area contributed by atoms with Gasteiger partial charge in [0.1, 0.15) is 11.5 Å². The van der Waals surface area contributed by atoms with Crippen LogP contribution in [0.1, 0.15) is 18.4 Å². The standard InChI is InChI=1S/C17H24F2N2O3/c1-22-14-5-2-12(16(8-14)24-17(18)19)9-20-10-15-11-21(6-7-23-15)13-3-4-13/h2,5,8,13,15,17,20H,3-4,6-7,9-11H2,1H3.